The zero-order chi connectivity index (χ0) is 28.0. The van der Waals surface area contributed by atoms with Crippen LogP contribution >= 0.6 is 0 Å². The van der Waals surface area contributed by atoms with Crippen molar-refractivity contribution in [2.75, 3.05) is 6.26 Å². The van der Waals surface area contributed by atoms with Gasteiger partial charge in [-0.25, -0.2) is 8.42 Å². The van der Waals surface area contributed by atoms with Gasteiger partial charge < -0.3 is 9.84 Å². The highest BCUT2D eigenvalue weighted by molar-refractivity contribution is 7.89. The maximum absolute atomic E-state index is 12.4. The summed E-state index contributed by atoms with van der Waals surface area (Å²) in [6.45, 7) is 10.9. The number of ether oxygens (including phenoxy) is 1. The van der Waals surface area contributed by atoms with Crippen LogP contribution in [0.4, 0.5) is 0 Å². The van der Waals surface area contributed by atoms with Crippen molar-refractivity contribution < 1.29 is 27.9 Å². The predicted octanol–water partition coefficient (Wildman–Crippen LogP) is 5.07. The van der Waals surface area contributed by atoms with Gasteiger partial charge in [0.05, 0.1) is 18.3 Å². The Bertz CT molecular complexity index is 999. The summed E-state index contributed by atoms with van der Waals surface area (Å²) in [5.74, 6) is 2.14. The number of fused-ring (bicyclic) bond motifs is 5. The molecule has 218 valence electrons. The average Bonchev–Trinajstić information content (AvgIpc) is 3.20. The Labute approximate surface area is 230 Å². The maximum atomic E-state index is 12.4. The van der Waals surface area contributed by atoms with Gasteiger partial charge in [-0.2, -0.15) is 0 Å². The number of esters is 1. The molecule has 0 aromatic carbocycles. The monoisotopic (exact) mass is 553 g/mol. The maximum Gasteiger partial charge on any atom is 0.308 e. The molecule has 1 amide bonds. The Morgan fingerprint density at radius 2 is 1.76 bits per heavy atom. The van der Waals surface area contributed by atoms with Crippen LogP contribution in [-0.4, -0.2) is 43.9 Å². The molecule has 38 heavy (non-hydrogen) atoms. The summed E-state index contributed by atoms with van der Waals surface area (Å²) in [5.41, 5.74) is 0.0120. The van der Waals surface area contributed by atoms with Crippen LogP contribution in [0.3, 0.4) is 0 Å². The van der Waals surface area contributed by atoms with E-state index in [0.717, 1.165) is 51.2 Å². The molecule has 0 saturated heterocycles. The van der Waals surface area contributed by atoms with Crippen LogP contribution in [-0.2, 0) is 24.3 Å². The van der Waals surface area contributed by atoms with Crippen molar-refractivity contribution >= 4 is 21.9 Å². The number of aliphatic hydroxyl groups is 1. The third kappa shape index (κ3) is 5.55. The molecule has 4 fully saturated rings. The lowest BCUT2D eigenvalue weighted by Gasteiger charge is -2.62. The summed E-state index contributed by atoms with van der Waals surface area (Å²) in [7, 11) is -3.54. The zero-order valence-electron chi connectivity index (χ0n) is 24.4. The standard InChI is InChI=1S/C30H51NO6S/c1-7-18(2)28(34)37-21-14-15-29(4)20(16-21)9-10-22-24-12-11-23(30(24,5)26(32)17-25(22)29)19(3)8-13-27(33)31-38(6,35)36/h18-26,32H,7-17H2,1-6H3,(H,31,33). The van der Waals surface area contributed by atoms with Crippen LogP contribution in [0.5, 0.6) is 0 Å². The molecule has 0 bridgehead atoms. The topological polar surface area (TPSA) is 110 Å². The minimum atomic E-state index is -3.54. The Balaban J connectivity index is 1.43. The number of sulfonamides is 1. The summed E-state index contributed by atoms with van der Waals surface area (Å²) < 4.78 is 30.8. The second-order valence-corrected chi connectivity index (χ2v) is 15.7. The number of hydrogen-bond donors (Lipinski definition) is 2. The highest BCUT2D eigenvalue weighted by atomic mass is 32.2. The minimum Gasteiger partial charge on any atom is -0.462 e. The van der Waals surface area contributed by atoms with Gasteiger partial charge in [-0.3, -0.25) is 14.3 Å². The fourth-order valence-corrected chi connectivity index (χ4v) is 10.0. The molecule has 11 atom stereocenters. The number of hydrogen-bond acceptors (Lipinski definition) is 6. The van der Waals surface area contributed by atoms with Crippen LogP contribution < -0.4 is 4.72 Å². The van der Waals surface area contributed by atoms with Crippen LogP contribution in [0.25, 0.3) is 0 Å². The van der Waals surface area contributed by atoms with Gasteiger partial charge in [-0.15, -0.1) is 0 Å². The molecular weight excluding hydrogens is 502 g/mol. The van der Waals surface area contributed by atoms with Crippen molar-refractivity contribution in [3.05, 3.63) is 0 Å². The second kappa shape index (κ2) is 11.0. The first kappa shape index (κ1) is 29.8. The SMILES string of the molecule is CCC(C)C(=O)OC1CCC2(C)C(CCC3C2CC(O)C2(C)C(C(C)CCC(=O)NS(C)(=O)=O)CCC32)C1. The summed E-state index contributed by atoms with van der Waals surface area (Å²) >= 11 is 0. The molecule has 4 rings (SSSR count). The Morgan fingerprint density at radius 1 is 1.05 bits per heavy atom. The van der Waals surface area contributed by atoms with E-state index in [2.05, 4.69) is 25.5 Å². The molecule has 8 heteroatoms. The zero-order valence-corrected chi connectivity index (χ0v) is 25.2. The first-order chi connectivity index (χ1) is 17.7. The summed E-state index contributed by atoms with van der Waals surface area (Å²) in [4.78, 5) is 24.6. The number of aliphatic hydroxyl groups excluding tert-OH is 1. The van der Waals surface area contributed by atoms with E-state index in [1.54, 1.807) is 0 Å². The first-order valence-corrected chi connectivity index (χ1v) is 17.0. The molecule has 0 aromatic rings. The van der Waals surface area contributed by atoms with Gasteiger partial charge in [0.1, 0.15) is 6.10 Å². The van der Waals surface area contributed by atoms with Crippen molar-refractivity contribution in [3.8, 4) is 0 Å². The van der Waals surface area contributed by atoms with Gasteiger partial charge in [-0.05, 0) is 111 Å². The second-order valence-electron chi connectivity index (χ2n) is 13.9. The number of carbonyl (C=O) groups excluding carboxylic acids is 2. The third-order valence-electron chi connectivity index (χ3n) is 11.9. The third-order valence-corrected chi connectivity index (χ3v) is 12.5. The highest BCUT2D eigenvalue weighted by Crippen LogP contribution is 2.68. The van der Waals surface area contributed by atoms with Gasteiger partial charge in [-0.1, -0.05) is 34.6 Å². The van der Waals surface area contributed by atoms with Gasteiger partial charge in [0.2, 0.25) is 15.9 Å². The van der Waals surface area contributed by atoms with E-state index in [0.29, 0.717) is 36.0 Å². The van der Waals surface area contributed by atoms with Crippen LogP contribution in [0.15, 0.2) is 0 Å². The van der Waals surface area contributed by atoms with Crippen molar-refractivity contribution in [2.24, 2.45) is 52.3 Å². The molecule has 0 aliphatic heterocycles. The van der Waals surface area contributed by atoms with Crippen molar-refractivity contribution in [1.29, 1.82) is 0 Å². The number of nitrogens with one attached hydrogen (secondary N) is 1. The Hall–Kier alpha value is -1.15. The molecular formula is C30H51NO6S. The van der Waals surface area contributed by atoms with E-state index < -0.39 is 15.9 Å². The Kier molecular flexibility index (Phi) is 8.65. The molecule has 2 N–H and O–H groups in total. The van der Waals surface area contributed by atoms with Crippen LogP contribution in [0.1, 0.15) is 105 Å². The molecule has 7 nitrogen and oxygen atoms in total. The highest BCUT2D eigenvalue weighted by Gasteiger charge is 2.63. The quantitative estimate of drug-likeness (QED) is 0.406. The van der Waals surface area contributed by atoms with E-state index in [1.807, 2.05) is 13.8 Å². The fourth-order valence-electron chi connectivity index (χ4n) is 9.52. The number of carbonyl (C=O) groups is 2. The summed E-state index contributed by atoms with van der Waals surface area (Å²) in [6, 6.07) is 0. The van der Waals surface area contributed by atoms with E-state index >= 15 is 0 Å². The molecule has 4 aliphatic rings. The lowest BCUT2D eigenvalue weighted by molar-refractivity contribution is -0.183. The van der Waals surface area contributed by atoms with Crippen molar-refractivity contribution in [1.82, 2.24) is 4.72 Å². The van der Waals surface area contributed by atoms with Gasteiger partial charge in [0.15, 0.2) is 0 Å². The smallest absolute Gasteiger partial charge is 0.308 e. The molecule has 4 saturated carbocycles. The minimum absolute atomic E-state index is 0.0292. The average molecular weight is 554 g/mol. The summed E-state index contributed by atoms with van der Waals surface area (Å²) in [5, 5.41) is 11.8. The lowest BCUT2D eigenvalue weighted by atomic mass is 9.43. The van der Waals surface area contributed by atoms with E-state index in [1.165, 1.54) is 12.8 Å². The van der Waals surface area contributed by atoms with Crippen molar-refractivity contribution in [3.63, 3.8) is 0 Å². The first-order valence-electron chi connectivity index (χ1n) is 15.1. The van der Waals surface area contributed by atoms with E-state index in [9.17, 15) is 23.1 Å². The molecule has 0 spiro atoms. The largest absolute Gasteiger partial charge is 0.462 e. The van der Waals surface area contributed by atoms with Gasteiger partial charge >= 0.3 is 5.97 Å². The number of rotatable bonds is 8. The fraction of sp³-hybridized carbons (Fsp3) is 0.933. The normalized spacial score (nSPS) is 42.2. The molecule has 4 aliphatic carbocycles. The van der Waals surface area contributed by atoms with Gasteiger partial charge in [0, 0.05) is 6.42 Å². The molecule has 0 radical (unpaired) electrons. The number of amides is 1. The Morgan fingerprint density at radius 3 is 2.42 bits per heavy atom. The van der Waals surface area contributed by atoms with Crippen LogP contribution in [0.2, 0.25) is 0 Å². The summed E-state index contributed by atoms with van der Waals surface area (Å²) in [6.07, 6.45) is 10.6. The van der Waals surface area contributed by atoms with Gasteiger partial charge in [0.25, 0.3) is 0 Å². The molecule has 0 heterocycles. The van der Waals surface area contributed by atoms with Crippen molar-refractivity contribution in [2.45, 2.75) is 117 Å². The molecule has 0 aromatic heterocycles. The predicted molar refractivity (Wildman–Crippen MR) is 147 cm³/mol. The lowest BCUT2D eigenvalue weighted by Crippen LogP contribution is -2.59. The van der Waals surface area contributed by atoms with E-state index in [-0.39, 0.29) is 47.3 Å². The van der Waals surface area contributed by atoms with Crippen LogP contribution in [0, 0.1) is 52.3 Å². The molecule has 11 unspecified atom stereocenters. The van der Waals surface area contributed by atoms with E-state index in [4.69, 9.17) is 4.74 Å².